The average Bonchev–Trinajstić information content (AvgIpc) is 3.04. The molecule has 0 unspecified atom stereocenters. The number of aromatic nitrogens is 2. The zero-order valence-electron chi connectivity index (χ0n) is 15.0. The van der Waals surface area contributed by atoms with Crippen LogP contribution >= 0.6 is 0 Å². The van der Waals surface area contributed by atoms with Crippen LogP contribution < -0.4 is 5.32 Å². The van der Waals surface area contributed by atoms with Crippen molar-refractivity contribution in [2.45, 2.75) is 44.7 Å². The third kappa shape index (κ3) is 3.14. The van der Waals surface area contributed by atoms with Gasteiger partial charge in [-0.15, -0.1) is 0 Å². The van der Waals surface area contributed by atoms with E-state index in [0.29, 0.717) is 22.9 Å². The Hall–Kier alpha value is -2.55. The smallest absolute Gasteiger partial charge is 0.273 e. The van der Waals surface area contributed by atoms with E-state index in [1.807, 2.05) is 20.8 Å². The van der Waals surface area contributed by atoms with Gasteiger partial charge >= 0.3 is 0 Å². The first-order chi connectivity index (χ1) is 12.1. The van der Waals surface area contributed by atoms with Crippen LogP contribution in [0.25, 0.3) is 0 Å². The van der Waals surface area contributed by atoms with Crippen LogP contribution in [0.2, 0.25) is 0 Å². The normalized spacial score (nSPS) is 16.4. The Morgan fingerprint density at radius 2 is 2.04 bits per heavy atom. The second-order valence-electron chi connectivity index (χ2n) is 7.25. The molecule has 0 spiro atoms. The lowest BCUT2D eigenvalue weighted by Crippen LogP contribution is -2.27. The lowest BCUT2D eigenvalue weighted by Gasteiger charge is -2.23. The van der Waals surface area contributed by atoms with Crippen molar-refractivity contribution in [3.8, 4) is 0 Å². The number of benzene rings is 1. The van der Waals surface area contributed by atoms with Gasteiger partial charge in [-0.2, -0.15) is 5.10 Å². The topological polar surface area (TPSA) is 107 Å². The number of amides is 1. The number of hydrogen-bond acceptors (Lipinski definition) is 5. The van der Waals surface area contributed by atoms with Crippen molar-refractivity contribution in [1.82, 2.24) is 9.78 Å². The van der Waals surface area contributed by atoms with Crippen LogP contribution in [0.3, 0.4) is 0 Å². The highest BCUT2D eigenvalue weighted by molar-refractivity contribution is 7.83. The van der Waals surface area contributed by atoms with Gasteiger partial charge in [0, 0.05) is 33.6 Å². The molecule has 1 aromatic heterocycles. The number of anilines is 1. The van der Waals surface area contributed by atoms with Crippen LogP contribution in [-0.4, -0.2) is 24.8 Å². The minimum Gasteiger partial charge on any atom is -0.306 e. The molecule has 0 saturated heterocycles. The first kappa shape index (κ1) is 18.2. The Morgan fingerprint density at radius 3 is 2.65 bits per heavy atom. The van der Waals surface area contributed by atoms with Crippen LogP contribution in [0.1, 0.15) is 48.0 Å². The number of rotatable bonds is 3. The van der Waals surface area contributed by atoms with Crippen molar-refractivity contribution in [2.75, 3.05) is 5.32 Å². The van der Waals surface area contributed by atoms with E-state index in [0.717, 1.165) is 11.3 Å². The SMILES string of the molecule is Cc1c(C(=O)Nc2c3c(nn2C(C)(C)C)C[S@](=O)C3)cccc1[N+](=O)[O-]. The van der Waals surface area contributed by atoms with Gasteiger partial charge in [-0.05, 0) is 33.8 Å². The Kier molecular flexibility index (Phi) is 4.43. The minimum atomic E-state index is -1.02. The highest BCUT2D eigenvalue weighted by atomic mass is 32.2. The highest BCUT2D eigenvalue weighted by Crippen LogP contribution is 2.33. The number of nitrogens with one attached hydrogen (secondary N) is 1. The summed E-state index contributed by atoms with van der Waals surface area (Å²) in [5.74, 6) is 0.776. The van der Waals surface area contributed by atoms with E-state index in [9.17, 15) is 19.1 Å². The Labute approximate surface area is 153 Å². The maximum atomic E-state index is 12.8. The van der Waals surface area contributed by atoms with Crippen LogP contribution in [-0.2, 0) is 27.8 Å². The molecule has 3 rings (SSSR count). The summed E-state index contributed by atoms with van der Waals surface area (Å²) in [6.45, 7) is 7.43. The molecular weight excluding hydrogens is 356 g/mol. The molecule has 26 heavy (non-hydrogen) atoms. The first-order valence-corrected chi connectivity index (χ1v) is 9.60. The van der Waals surface area contributed by atoms with Crippen LogP contribution in [0.4, 0.5) is 11.5 Å². The van der Waals surface area contributed by atoms with Gasteiger partial charge in [-0.3, -0.25) is 19.1 Å². The molecule has 0 aliphatic carbocycles. The van der Waals surface area contributed by atoms with Crippen LogP contribution in [0.5, 0.6) is 0 Å². The largest absolute Gasteiger partial charge is 0.306 e. The van der Waals surface area contributed by atoms with E-state index < -0.39 is 21.6 Å². The average molecular weight is 376 g/mol. The third-order valence-corrected chi connectivity index (χ3v) is 5.49. The van der Waals surface area contributed by atoms with Crippen molar-refractivity contribution in [2.24, 2.45) is 0 Å². The lowest BCUT2D eigenvalue weighted by molar-refractivity contribution is -0.385. The standard InChI is InChI=1S/C17H20N4O4S/c1-10-11(6-5-7-14(10)21(23)24)16(22)18-15-12-8-26(25)9-13(12)19-20(15)17(2,3)4/h5-7H,8-9H2,1-4H3,(H,18,22)/t26-/m1/s1. The zero-order chi connectivity index (χ0) is 19.2. The molecule has 1 aromatic carbocycles. The summed E-state index contributed by atoms with van der Waals surface area (Å²) < 4.78 is 13.6. The van der Waals surface area contributed by atoms with E-state index in [-0.39, 0.29) is 16.8 Å². The monoisotopic (exact) mass is 376 g/mol. The zero-order valence-corrected chi connectivity index (χ0v) is 15.8. The molecule has 1 amide bonds. The van der Waals surface area contributed by atoms with Gasteiger partial charge in [0.25, 0.3) is 11.6 Å². The molecule has 0 bridgehead atoms. The first-order valence-electron chi connectivity index (χ1n) is 8.11. The van der Waals surface area contributed by atoms with Crippen molar-refractivity contribution in [3.05, 3.63) is 50.7 Å². The summed E-state index contributed by atoms with van der Waals surface area (Å²) in [5, 5.41) is 18.5. The van der Waals surface area contributed by atoms with E-state index in [2.05, 4.69) is 10.4 Å². The molecule has 0 saturated carbocycles. The van der Waals surface area contributed by atoms with Crippen molar-refractivity contribution >= 4 is 28.2 Å². The Morgan fingerprint density at radius 1 is 1.35 bits per heavy atom. The molecular formula is C17H20N4O4S. The van der Waals surface area contributed by atoms with Gasteiger partial charge < -0.3 is 5.32 Å². The second-order valence-corrected chi connectivity index (χ2v) is 8.70. The molecule has 0 fully saturated rings. The lowest BCUT2D eigenvalue weighted by atomic mass is 10.1. The molecule has 9 heteroatoms. The van der Waals surface area contributed by atoms with Crippen molar-refractivity contribution in [1.29, 1.82) is 0 Å². The van der Waals surface area contributed by atoms with Gasteiger partial charge in [-0.1, -0.05) is 6.07 Å². The summed E-state index contributed by atoms with van der Waals surface area (Å²) in [4.78, 5) is 23.4. The number of nitro groups is 1. The molecule has 1 aliphatic rings. The third-order valence-electron chi connectivity index (χ3n) is 4.28. The predicted molar refractivity (Wildman–Crippen MR) is 98.6 cm³/mol. The molecule has 2 heterocycles. The summed E-state index contributed by atoms with van der Waals surface area (Å²) in [5.41, 5.74) is 1.55. The fourth-order valence-corrected chi connectivity index (χ4v) is 4.25. The number of carbonyl (C=O) groups is 1. The summed E-state index contributed by atoms with van der Waals surface area (Å²) >= 11 is 0. The fraction of sp³-hybridized carbons (Fsp3) is 0.412. The van der Waals surface area contributed by atoms with E-state index in [1.165, 1.54) is 12.1 Å². The van der Waals surface area contributed by atoms with Crippen LogP contribution in [0.15, 0.2) is 18.2 Å². The number of nitro benzene ring substituents is 1. The summed E-state index contributed by atoms with van der Waals surface area (Å²) in [6, 6.07) is 4.40. The van der Waals surface area contributed by atoms with Gasteiger partial charge in [0.1, 0.15) is 5.82 Å². The molecule has 1 aliphatic heterocycles. The molecule has 1 atom stereocenters. The second kappa shape index (κ2) is 6.31. The van der Waals surface area contributed by atoms with Crippen molar-refractivity contribution < 1.29 is 13.9 Å². The molecule has 0 radical (unpaired) electrons. The molecule has 2 aromatic rings. The molecule has 8 nitrogen and oxygen atoms in total. The fourth-order valence-electron chi connectivity index (χ4n) is 2.98. The number of hydrogen-bond donors (Lipinski definition) is 1. The van der Waals surface area contributed by atoms with E-state index in [1.54, 1.807) is 17.7 Å². The Bertz CT molecular complexity index is 943. The van der Waals surface area contributed by atoms with Gasteiger partial charge in [0.15, 0.2) is 0 Å². The van der Waals surface area contributed by atoms with E-state index >= 15 is 0 Å². The molecule has 1 N–H and O–H groups in total. The van der Waals surface area contributed by atoms with Crippen molar-refractivity contribution in [3.63, 3.8) is 0 Å². The highest BCUT2D eigenvalue weighted by Gasteiger charge is 2.32. The van der Waals surface area contributed by atoms with Gasteiger partial charge in [-0.25, -0.2) is 4.68 Å². The minimum absolute atomic E-state index is 0.103. The maximum absolute atomic E-state index is 12.8. The number of carbonyl (C=O) groups excluding carboxylic acids is 1. The summed E-state index contributed by atoms with van der Waals surface area (Å²) in [7, 11) is -1.02. The number of fused-ring (bicyclic) bond motifs is 1. The predicted octanol–water partition coefficient (Wildman–Crippen LogP) is 2.87. The number of nitrogens with zero attached hydrogens (tertiary/aromatic N) is 3. The van der Waals surface area contributed by atoms with E-state index in [4.69, 9.17) is 0 Å². The van der Waals surface area contributed by atoms with Gasteiger partial charge in [0.05, 0.1) is 27.7 Å². The van der Waals surface area contributed by atoms with Gasteiger partial charge in [0.2, 0.25) is 0 Å². The quantitative estimate of drug-likeness (QED) is 0.655. The van der Waals surface area contributed by atoms with Crippen LogP contribution in [0, 0.1) is 17.0 Å². The summed E-state index contributed by atoms with van der Waals surface area (Å²) in [6.07, 6.45) is 0. The Balaban J connectivity index is 2.02. The maximum Gasteiger partial charge on any atom is 0.273 e. The molecule has 138 valence electrons.